The van der Waals surface area contributed by atoms with E-state index in [1.54, 1.807) is 0 Å². The standard InChI is InChI=1S/C11H16F2N2O2S/c1-2-6-14-7-8-15-18(16,17)11-9(12)4-3-5-10(11)13/h3-5,14-15H,2,6-8H2,1H3. The molecule has 0 saturated carbocycles. The largest absolute Gasteiger partial charge is 0.315 e. The van der Waals surface area contributed by atoms with Gasteiger partial charge in [-0.05, 0) is 25.1 Å². The van der Waals surface area contributed by atoms with Crippen molar-refractivity contribution in [3.63, 3.8) is 0 Å². The maximum Gasteiger partial charge on any atom is 0.246 e. The van der Waals surface area contributed by atoms with Crippen LogP contribution in [0.3, 0.4) is 0 Å². The average Bonchev–Trinajstić information content (AvgIpc) is 2.28. The lowest BCUT2D eigenvalue weighted by Crippen LogP contribution is -2.33. The van der Waals surface area contributed by atoms with Gasteiger partial charge in [0.25, 0.3) is 0 Å². The van der Waals surface area contributed by atoms with E-state index in [2.05, 4.69) is 10.0 Å². The van der Waals surface area contributed by atoms with Crippen molar-refractivity contribution in [3.05, 3.63) is 29.8 Å². The van der Waals surface area contributed by atoms with Crippen LogP contribution in [0.5, 0.6) is 0 Å². The van der Waals surface area contributed by atoms with Crippen LogP contribution in [0.15, 0.2) is 23.1 Å². The molecular weight excluding hydrogens is 262 g/mol. The van der Waals surface area contributed by atoms with E-state index in [4.69, 9.17) is 0 Å². The van der Waals surface area contributed by atoms with Crippen LogP contribution in [0.4, 0.5) is 8.78 Å². The fraction of sp³-hybridized carbons (Fsp3) is 0.455. The maximum absolute atomic E-state index is 13.3. The van der Waals surface area contributed by atoms with Gasteiger partial charge < -0.3 is 5.32 Å². The normalized spacial score (nSPS) is 11.7. The number of nitrogens with one attached hydrogen (secondary N) is 2. The fourth-order valence-corrected chi connectivity index (χ4v) is 2.55. The van der Waals surface area contributed by atoms with Gasteiger partial charge in [-0.1, -0.05) is 13.0 Å². The Kier molecular flexibility index (Phi) is 5.64. The Labute approximate surface area is 105 Å². The predicted molar refractivity (Wildman–Crippen MR) is 64.7 cm³/mol. The third-order valence-corrected chi connectivity index (χ3v) is 3.72. The van der Waals surface area contributed by atoms with Crippen molar-refractivity contribution >= 4 is 10.0 Å². The highest BCUT2D eigenvalue weighted by Gasteiger charge is 2.22. The van der Waals surface area contributed by atoms with Gasteiger partial charge in [0, 0.05) is 13.1 Å². The molecule has 1 rings (SSSR count). The van der Waals surface area contributed by atoms with Gasteiger partial charge in [-0.25, -0.2) is 21.9 Å². The lowest BCUT2D eigenvalue weighted by Gasteiger charge is -2.08. The van der Waals surface area contributed by atoms with Crippen LogP contribution < -0.4 is 10.0 Å². The summed E-state index contributed by atoms with van der Waals surface area (Å²) >= 11 is 0. The minimum Gasteiger partial charge on any atom is -0.315 e. The number of sulfonamides is 1. The van der Waals surface area contributed by atoms with Gasteiger partial charge in [0.1, 0.15) is 11.6 Å². The molecule has 18 heavy (non-hydrogen) atoms. The summed E-state index contributed by atoms with van der Waals surface area (Å²) in [4.78, 5) is -0.930. The second kappa shape index (κ2) is 6.77. The van der Waals surface area contributed by atoms with Crippen molar-refractivity contribution in [1.29, 1.82) is 0 Å². The number of benzene rings is 1. The number of hydrogen-bond donors (Lipinski definition) is 2. The Bertz CT molecular complexity index is 472. The SMILES string of the molecule is CCCNCCNS(=O)(=O)c1c(F)cccc1F. The molecule has 0 aliphatic heterocycles. The van der Waals surface area contributed by atoms with Crippen LogP contribution in [-0.4, -0.2) is 28.1 Å². The topological polar surface area (TPSA) is 58.2 Å². The summed E-state index contributed by atoms with van der Waals surface area (Å²) < 4.78 is 52.1. The molecule has 0 aliphatic carbocycles. The molecule has 4 nitrogen and oxygen atoms in total. The van der Waals surface area contributed by atoms with Crippen molar-refractivity contribution in [3.8, 4) is 0 Å². The van der Waals surface area contributed by atoms with E-state index in [1.165, 1.54) is 0 Å². The van der Waals surface area contributed by atoms with E-state index in [1.807, 2.05) is 6.92 Å². The molecule has 0 fully saturated rings. The van der Waals surface area contributed by atoms with Gasteiger partial charge in [0.2, 0.25) is 10.0 Å². The molecule has 2 N–H and O–H groups in total. The number of halogens is 2. The molecule has 102 valence electrons. The summed E-state index contributed by atoms with van der Waals surface area (Å²) in [7, 11) is -4.15. The van der Waals surface area contributed by atoms with Crippen LogP contribution in [0, 0.1) is 11.6 Å². The molecule has 0 unspecified atom stereocenters. The van der Waals surface area contributed by atoms with Crippen molar-refractivity contribution in [2.24, 2.45) is 0 Å². The highest BCUT2D eigenvalue weighted by molar-refractivity contribution is 7.89. The summed E-state index contributed by atoms with van der Waals surface area (Å²) in [6.45, 7) is 3.22. The zero-order valence-corrected chi connectivity index (χ0v) is 10.9. The Morgan fingerprint density at radius 2 is 1.72 bits per heavy atom. The second-order valence-corrected chi connectivity index (χ2v) is 5.40. The zero-order chi connectivity index (χ0) is 13.6. The highest BCUT2D eigenvalue weighted by Crippen LogP contribution is 2.17. The van der Waals surface area contributed by atoms with Crippen molar-refractivity contribution < 1.29 is 17.2 Å². The molecule has 0 aromatic heterocycles. The van der Waals surface area contributed by atoms with E-state index in [9.17, 15) is 17.2 Å². The third kappa shape index (κ3) is 4.01. The van der Waals surface area contributed by atoms with Gasteiger partial charge >= 0.3 is 0 Å². The first-order valence-electron chi connectivity index (χ1n) is 5.63. The van der Waals surface area contributed by atoms with E-state index >= 15 is 0 Å². The van der Waals surface area contributed by atoms with Gasteiger partial charge in [0.05, 0.1) is 0 Å². The molecule has 0 atom stereocenters. The lowest BCUT2D eigenvalue weighted by atomic mass is 10.3. The molecule has 0 radical (unpaired) electrons. The molecular formula is C11H16F2N2O2S. The molecule has 0 amide bonds. The molecule has 0 saturated heterocycles. The molecule has 0 aliphatic rings. The first kappa shape index (κ1) is 15.0. The lowest BCUT2D eigenvalue weighted by molar-refractivity contribution is 0.513. The first-order chi connectivity index (χ1) is 8.49. The minimum absolute atomic E-state index is 0.0795. The van der Waals surface area contributed by atoms with Crippen molar-refractivity contribution in [2.45, 2.75) is 18.2 Å². The van der Waals surface area contributed by atoms with Gasteiger partial charge in [-0.15, -0.1) is 0 Å². The minimum atomic E-state index is -4.15. The highest BCUT2D eigenvalue weighted by atomic mass is 32.2. The van der Waals surface area contributed by atoms with Crippen LogP contribution in [0.2, 0.25) is 0 Å². The molecule has 1 aromatic carbocycles. The maximum atomic E-state index is 13.3. The average molecular weight is 278 g/mol. The summed E-state index contributed by atoms with van der Waals surface area (Å²) in [5, 5.41) is 2.97. The first-order valence-corrected chi connectivity index (χ1v) is 7.11. The Morgan fingerprint density at radius 3 is 2.28 bits per heavy atom. The molecule has 0 heterocycles. The molecule has 0 spiro atoms. The Hall–Kier alpha value is -1.05. The zero-order valence-electron chi connectivity index (χ0n) is 10.0. The van der Waals surface area contributed by atoms with E-state index in [-0.39, 0.29) is 6.54 Å². The monoisotopic (exact) mass is 278 g/mol. The molecule has 0 bridgehead atoms. The summed E-state index contributed by atoms with van der Waals surface area (Å²) in [6, 6.07) is 2.94. The van der Waals surface area contributed by atoms with Crippen LogP contribution in [-0.2, 0) is 10.0 Å². The number of hydrogen-bond acceptors (Lipinski definition) is 3. The second-order valence-electron chi connectivity index (χ2n) is 3.70. The van der Waals surface area contributed by atoms with Gasteiger partial charge in [-0.2, -0.15) is 0 Å². The molecule has 7 heteroatoms. The van der Waals surface area contributed by atoms with Gasteiger partial charge in [0.15, 0.2) is 4.90 Å². The Balaban J connectivity index is 2.69. The van der Waals surface area contributed by atoms with Crippen LogP contribution in [0.25, 0.3) is 0 Å². The summed E-state index contributed by atoms with van der Waals surface area (Å²) in [5.74, 6) is -2.19. The van der Waals surface area contributed by atoms with Crippen molar-refractivity contribution in [2.75, 3.05) is 19.6 Å². The smallest absolute Gasteiger partial charge is 0.246 e. The van der Waals surface area contributed by atoms with Gasteiger partial charge in [-0.3, -0.25) is 0 Å². The van der Waals surface area contributed by atoms with Crippen LogP contribution >= 0.6 is 0 Å². The van der Waals surface area contributed by atoms with Crippen molar-refractivity contribution in [1.82, 2.24) is 10.0 Å². The summed E-state index contributed by atoms with van der Waals surface area (Å²) in [6.07, 6.45) is 0.925. The Morgan fingerprint density at radius 1 is 1.11 bits per heavy atom. The van der Waals surface area contributed by atoms with E-state index in [0.717, 1.165) is 31.2 Å². The predicted octanol–water partition coefficient (Wildman–Crippen LogP) is 1.24. The van der Waals surface area contributed by atoms with E-state index < -0.39 is 26.6 Å². The quantitative estimate of drug-likeness (QED) is 0.738. The number of rotatable bonds is 7. The van der Waals surface area contributed by atoms with Crippen LogP contribution in [0.1, 0.15) is 13.3 Å². The molecule has 1 aromatic rings. The summed E-state index contributed by atoms with van der Waals surface area (Å²) in [5.41, 5.74) is 0. The fourth-order valence-electron chi connectivity index (χ4n) is 1.39. The third-order valence-electron chi connectivity index (χ3n) is 2.21. The van der Waals surface area contributed by atoms with E-state index in [0.29, 0.717) is 6.54 Å².